The molecule has 1 aromatic heterocycles. The first-order valence-electron chi connectivity index (χ1n) is 7.02. The molecular weight excluding hydrogens is 241 g/mol. The van der Waals surface area contributed by atoms with Crippen LogP contribution in [-0.2, 0) is 0 Å². The molecule has 104 valence electrons. The fraction of sp³-hybridized carbons (Fsp3) is 0.500. The average molecular weight is 263 g/mol. The average Bonchev–Trinajstić information content (AvgIpc) is 2.76. The van der Waals surface area contributed by atoms with E-state index in [0.717, 1.165) is 36.1 Å². The Morgan fingerprint density at radius 3 is 2.68 bits per heavy atom. The second kappa shape index (κ2) is 6.20. The minimum absolute atomic E-state index is 0.211. The van der Waals surface area contributed by atoms with Crippen molar-refractivity contribution in [2.75, 3.05) is 6.54 Å². The highest BCUT2D eigenvalue weighted by Gasteiger charge is 2.16. The molecule has 0 amide bonds. The van der Waals surface area contributed by atoms with Crippen LogP contribution in [0.1, 0.15) is 45.4 Å². The number of rotatable bonds is 6. The summed E-state index contributed by atoms with van der Waals surface area (Å²) in [7, 11) is 0. The highest BCUT2D eigenvalue weighted by molar-refractivity contribution is 5.78. The van der Waals surface area contributed by atoms with Gasteiger partial charge >= 0.3 is 0 Å². The fourth-order valence-electron chi connectivity index (χ4n) is 2.30. The number of halogens is 1. The Balaban J connectivity index is 2.22. The number of benzene rings is 1. The van der Waals surface area contributed by atoms with Gasteiger partial charge < -0.3 is 9.73 Å². The molecule has 0 bridgehead atoms. The molecule has 0 aliphatic heterocycles. The van der Waals surface area contributed by atoms with Crippen LogP contribution in [0.15, 0.2) is 28.7 Å². The van der Waals surface area contributed by atoms with Crippen molar-refractivity contribution in [3.05, 3.63) is 35.8 Å². The van der Waals surface area contributed by atoms with Gasteiger partial charge in [-0.05, 0) is 49.6 Å². The maximum Gasteiger partial charge on any atom is 0.134 e. The Kier molecular flexibility index (Phi) is 4.59. The molecule has 0 radical (unpaired) electrons. The zero-order valence-corrected chi connectivity index (χ0v) is 11.9. The van der Waals surface area contributed by atoms with Crippen LogP contribution in [0, 0.1) is 11.7 Å². The first-order valence-corrected chi connectivity index (χ1v) is 7.02. The van der Waals surface area contributed by atoms with Crippen LogP contribution in [0.2, 0.25) is 0 Å². The molecule has 1 aromatic carbocycles. The third kappa shape index (κ3) is 3.57. The topological polar surface area (TPSA) is 25.2 Å². The minimum atomic E-state index is -0.220. The Labute approximate surface area is 114 Å². The van der Waals surface area contributed by atoms with Crippen molar-refractivity contribution >= 4 is 11.0 Å². The van der Waals surface area contributed by atoms with Gasteiger partial charge in [-0.15, -0.1) is 0 Å². The molecule has 2 nitrogen and oxygen atoms in total. The molecule has 3 heteroatoms. The monoisotopic (exact) mass is 263 g/mol. The van der Waals surface area contributed by atoms with Gasteiger partial charge in [-0.3, -0.25) is 0 Å². The van der Waals surface area contributed by atoms with Crippen molar-refractivity contribution in [3.63, 3.8) is 0 Å². The smallest absolute Gasteiger partial charge is 0.134 e. The minimum Gasteiger partial charge on any atom is -0.459 e. The van der Waals surface area contributed by atoms with Crippen molar-refractivity contribution in [2.45, 2.75) is 39.7 Å². The maximum absolute atomic E-state index is 13.2. The Morgan fingerprint density at radius 1 is 1.21 bits per heavy atom. The molecule has 1 N–H and O–H groups in total. The molecule has 19 heavy (non-hydrogen) atoms. The summed E-state index contributed by atoms with van der Waals surface area (Å²) < 4.78 is 19.0. The van der Waals surface area contributed by atoms with Crippen LogP contribution < -0.4 is 5.32 Å². The number of nitrogens with one attached hydrogen (secondary N) is 1. The van der Waals surface area contributed by atoms with E-state index in [1.54, 1.807) is 6.07 Å². The predicted octanol–water partition coefficient (Wildman–Crippen LogP) is 4.66. The van der Waals surface area contributed by atoms with Crippen LogP contribution in [-0.4, -0.2) is 6.54 Å². The maximum atomic E-state index is 13.2. The largest absolute Gasteiger partial charge is 0.459 e. The van der Waals surface area contributed by atoms with Gasteiger partial charge in [0.1, 0.15) is 17.2 Å². The molecular formula is C16H22FNO. The molecule has 1 atom stereocenters. The number of furan rings is 1. The second-order valence-electron chi connectivity index (χ2n) is 5.41. The summed E-state index contributed by atoms with van der Waals surface area (Å²) >= 11 is 0. The summed E-state index contributed by atoms with van der Waals surface area (Å²) in [5, 5.41) is 4.28. The van der Waals surface area contributed by atoms with E-state index >= 15 is 0 Å². The van der Waals surface area contributed by atoms with Crippen molar-refractivity contribution in [3.8, 4) is 0 Å². The lowest BCUT2D eigenvalue weighted by atomic mass is 10.0. The lowest BCUT2D eigenvalue weighted by Crippen LogP contribution is -2.20. The van der Waals surface area contributed by atoms with Crippen molar-refractivity contribution in [1.29, 1.82) is 0 Å². The first-order chi connectivity index (χ1) is 9.10. The molecule has 0 aliphatic carbocycles. The molecule has 0 aliphatic rings. The summed E-state index contributed by atoms with van der Waals surface area (Å²) in [6.07, 6.45) is 2.18. The molecule has 1 unspecified atom stereocenters. The number of fused-ring (bicyclic) bond motifs is 1. The van der Waals surface area contributed by atoms with Gasteiger partial charge in [0.05, 0.1) is 6.04 Å². The van der Waals surface area contributed by atoms with E-state index in [-0.39, 0.29) is 11.9 Å². The SMILES string of the molecule is CCNC(CCC(C)C)c1cc2cc(F)ccc2o1. The summed E-state index contributed by atoms with van der Waals surface area (Å²) in [5.41, 5.74) is 0.754. The van der Waals surface area contributed by atoms with Gasteiger partial charge in [0.15, 0.2) is 0 Å². The fourth-order valence-corrected chi connectivity index (χ4v) is 2.30. The van der Waals surface area contributed by atoms with Gasteiger partial charge in [-0.2, -0.15) is 0 Å². The normalized spacial score (nSPS) is 13.3. The predicted molar refractivity (Wildman–Crippen MR) is 76.7 cm³/mol. The Bertz CT molecular complexity index is 533. The third-order valence-corrected chi connectivity index (χ3v) is 3.32. The molecule has 2 rings (SSSR count). The van der Waals surface area contributed by atoms with Crippen LogP contribution in [0.5, 0.6) is 0 Å². The Hall–Kier alpha value is -1.35. The van der Waals surface area contributed by atoms with Crippen LogP contribution in [0.3, 0.4) is 0 Å². The van der Waals surface area contributed by atoms with E-state index < -0.39 is 0 Å². The van der Waals surface area contributed by atoms with Crippen LogP contribution in [0.25, 0.3) is 11.0 Å². The van der Waals surface area contributed by atoms with E-state index in [2.05, 4.69) is 26.1 Å². The molecule has 0 fully saturated rings. The second-order valence-corrected chi connectivity index (χ2v) is 5.41. The highest BCUT2D eigenvalue weighted by atomic mass is 19.1. The quantitative estimate of drug-likeness (QED) is 0.820. The highest BCUT2D eigenvalue weighted by Crippen LogP contribution is 2.28. The van der Waals surface area contributed by atoms with Crippen molar-refractivity contribution in [2.24, 2.45) is 5.92 Å². The van der Waals surface area contributed by atoms with Gasteiger partial charge in [0.25, 0.3) is 0 Å². The molecule has 0 spiro atoms. The van der Waals surface area contributed by atoms with E-state index in [4.69, 9.17) is 4.42 Å². The molecule has 2 aromatic rings. The third-order valence-electron chi connectivity index (χ3n) is 3.32. The zero-order chi connectivity index (χ0) is 13.8. The molecule has 0 saturated heterocycles. The molecule has 0 saturated carbocycles. The van der Waals surface area contributed by atoms with Gasteiger partial charge in [-0.1, -0.05) is 20.8 Å². The summed E-state index contributed by atoms with van der Waals surface area (Å²) in [5.74, 6) is 1.35. The lowest BCUT2D eigenvalue weighted by Gasteiger charge is -2.16. The summed E-state index contributed by atoms with van der Waals surface area (Å²) in [4.78, 5) is 0. The van der Waals surface area contributed by atoms with Gasteiger partial charge in [0.2, 0.25) is 0 Å². The van der Waals surface area contributed by atoms with Crippen LogP contribution >= 0.6 is 0 Å². The van der Waals surface area contributed by atoms with E-state index in [9.17, 15) is 4.39 Å². The van der Waals surface area contributed by atoms with Crippen molar-refractivity contribution in [1.82, 2.24) is 5.32 Å². The van der Waals surface area contributed by atoms with E-state index in [0.29, 0.717) is 5.92 Å². The summed E-state index contributed by atoms with van der Waals surface area (Å²) in [6.45, 7) is 7.42. The first kappa shape index (κ1) is 14.1. The standard InChI is InChI=1S/C16H22FNO/c1-4-18-14(7-5-11(2)3)16-10-12-9-13(17)6-8-15(12)19-16/h6,8-11,14,18H,4-5,7H2,1-3H3. The summed E-state index contributed by atoms with van der Waals surface area (Å²) in [6, 6.07) is 6.81. The van der Waals surface area contributed by atoms with Gasteiger partial charge in [0, 0.05) is 5.39 Å². The Morgan fingerprint density at radius 2 is 2.00 bits per heavy atom. The number of hydrogen-bond donors (Lipinski definition) is 1. The molecule has 1 heterocycles. The van der Waals surface area contributed by atoms with Crippen molar-refractivity contribution < 1.29 is 8.81 Å². The number of hydrogen-bond acceptors (Lipinski definition) is 2. The van der Waals surface area contributed by atoms with Gasteiger partial charge in [-0.25, -0.2) is 4.39 Å². The zero-order valence-electron chi connectivity index (χ0n) is 11.9. The lowest BCUT2D eigenvalue weighted by molar-refractivity contribution is 0.388. The van der Waals surface area contributed by atoms with E-state index in [1.165, 1.54) is 12.1 Å². The van der Waals surface area contributed by atoms with E-state index in [1.807, 2.05) is 6.07 Å². The van der Waals surface area contributed by atoms with Crippen LogP contribution in [0.4, 0.5) is 4.39 Å².